The molecule has 10 heteroatoms. The highest BCUT2D eigenvalue weighted by atomic mass is 32.2. The molecule has 9 nitrogen and oxygen atoms in total. The normalized spacial score (nSPS) is 15.5. The molecule has 1 aliphatic rings. The maximum Gasteiger partial charge on any atom is 0.287 e. The number of amides is 2. The molecule has 1 fully saturated rings. The summed E-state index contributed by atoms with van der Waals surface area (Å²) in [6, 6.07) is 9.69. The zero-order valence-corrected chi connectivity index (χ0v) is 20.2. The molecule has 0 bridgehead atoms. The third kappa shape index (κ3) is 6.43. The molecular weight excluding hydrogens is 444 g/mol. The summed E-state index contributed by atoms with van der Waals surface area (Å²) in [6.07, 6.45) is 1.49. The van der Waals surface area contributed by atoms with Crippen molar-refractivity contribution in [3.8, 4) is 0 Å². The Hall–Kier alpha value is -2.69. The van der Waals surface area contributed by atoms with Crippen LogP contribution in [0.5, 0.6) is 0 Å². The molecule has 0 unspecified atom stereocenters. The van der Waals surface area contributed by atoms with Crippen molar-refractivity contribution in [2.24, 2.45) is 0 Å². The third-order valence-electron chi connectivity index (χ3n) is 5.74. The van der Waals surface area contributed by atoms with Crippen LogP contribution in [0, 0.1) is 6.92 Å². The summed E-state index contributed by atoms with van der Waals surface area (Å²) in [7, 11) is -3.52. The van der Waals surface area contributed by atoms with Gasteiger partial charge in [-0.05, 0) is 56.2 Å². The minimum Gasteiger partial charge on any atom is -0.456 e. The molecule has 2 amide bonds. The first kappa shape index (κ1) is 24.9. The molecule has 2 heterocycles. The van der Waals surface area contributed by atoms with Crippen molar-refractivity contribution in [3.05, 3.63) is 47.9 Å². The zero-order chi connectivity index (χ0) is 24.0. The van der Waals surface area contributed by atoms with E-state index in [0.717, 1.165) is 12.8 Å². The number of likely N-dealkylation sites (tertiary alicyclic amines) is 1. The summed E-state index contributed by atoms with van der Waals surface area (Å²) in [5.74, 6) is 0.625. The summed E-state index contributed by atoms with van der Waals surface area (Å²) in [5, 5.41) is 5.80. The van der Waals surface area contributed by atoms with Gasteiger partial charge in [-0.15, -0.1) is 0 Å². The van der Waals surface area contributed by atoms with E-state index in [1.165, 1.54) is 16.4 Å². The Morgan fingerprint density at radius 2 is 1.70 bits per heavy atom. The number of aryl methyl sites for hydroxylation is 1. The Balaban J connectivity index is 1.45. The monoisotopic (exact) mass is 476 g/mol. The second kappa shape index (κ2) is 11.0. The van der Waals surface area contributed by atoms with Crippen LogP contribution < -0.4 is 10.6 Å². The predicted octanol–water partition coefficient (Wildman–Crippen LogP) is 2.45. The fraction of sp³-hybridized carbons (Fsp3) is 0.478. The lowest BCUT2D eigenvalue weighted by atomic mass is 10.0. The second-order valence-corrected chi connectivity index (χ2v) is 10.0. The smallest absolute Gasteiger partial charge is 0.287 e. The van der Waals surface area contributed by atoms with Crippen molar-refractivity contribution in [1.29, 1.82) is 0 Å². The third-order valence-corrected chi connectivity index (χ3v) is 7.80. The van der Waals surface area contributed by atoms with Crippen LogP contribution in [0.1, 0.15) is 43.0 Å². The topological polar surface area (TPSA) is 112 Å². The first-order valence-corrected chi connectivity index (χ1v) is 12.7. The summed E-state index contributed by atoms with van der Waals surface area (Å²) in [4.78, 5) is 26.9. The lowest BCUT2D eigenvalue weighted by molar-refractivity contribution is -0.117. The Kier molecular flexibility index (Phi) is 8.28. The molecule has 180 valence electrons. The van der Waals surface area contributed by atoms with Gasteiger partial charge in [-0.25, -0.2) is 8.42 Å². The van der Waals surface area contributed by atoms with Gasteiger partial charge in [0.05, 0.1) is 11.4 Å². The highest BCUT2D eigenvalue weighted by Crippen LogP contribution is 2.19. The second-order valence-electron chi connectivity index (χ2n) is 8.10. The Morgan fingerprint density at radius 3 is 2.24 bits per heavy atom. The summed E-state index contributed by atoms with van der Waals surface area (Å²) < 4.78 is 31.9. The first-order chi connectivity index (χ1) is 15.7. The molecule has 0 atom stereocenters. The predicted molar refractivity (Wildman–Crippen MR) is 126 cm³/mol. The van der Waals surface area contributed by atoms with E-state index in [4.69, 9.17) is 4.42 Å². The van der Waals surface area contributed by atoms with Gasteiger partial charge < -0.3 is 15.1 Å². The van der Waals surface area contributed by atoms with Gasteiger partial charge in [-0.2, -0.15) is 4.31 Å². The Bertz CT molecular complexity index is 1050. The molecule has 2 N–H and O–H groups in total. The van der Waals surface area contributed by atoms with Crippen LogP contribution in [0.25, 0.3) is 0 Å². The van der Waals surface area contributed by atoms with E-state index < -0.39 is 10.0 Å². The molecule has 0 saturated carbocycles. The van der Waals surface area contributed by atoms with Crippen molar-refractivity contribution < 1.29 is 22.4 Å². The molecule has 0 radical (unpaired) electrons. The lowest BCUT2D eigenvalue weighted by Gasteiger charge is -2.31. The van der Waals surface area contributed by atoms with Crippen LogP contribution >= 0.6 is 0 Å². The van der Waals surface area contributed by atoms with Gasteiger partial charge in [-0.1, -0.05) is 13.8 Å². The number of carbonyl (C=O) groups is 2. The van der Waals surface area contributed by atoms with Gasteiger partial charge in [0.15, 0.2) is 5.76 Å². The van der Waals surface area contributed by atoms with Crippen LogP contribution in [0.2, 0.25) is 0 Å². The minimum absolute atomic E-state index is 0.0440. The van der Waals surface area contributed by atoms with Gasteiger partial charge in [0.25, 0.3) is 5.91 Å². The molecule has 0 aliphatic carbocycles. The van der Waals surface area contributed by atoms with Crippen molar-refractivity contribution >= 4 is 27.5 Å². The fourth-order valence-electron chi connectivity index (χ4n) is 3.87. The number of piperidine rings is 1. The molecule has 0 spiro atoms. The highest BCUT2D eigenvalue weighted by molar-refractivity contribution is 7.89. The number of anilines is 1. The molecule has 2 aromatic rings. The summed E-state index contributed by atoms with van der Waals surface area (Å²) in [6.45, 7) is 7.81. The fourth-order valence-corrected chi connectivity index (χ4v) is 5.33. The van der Waals surface area contributed by atoms with Gasteiger partial charge in [-0.3, -0.25) is 14.5 Å². The first-order valence-electron chi connectivity index (χ1n) is 11.2. The minimum atomic E-state index is -3.52. The number of sulfonamides is 1. The zero-order valence-electron chi connectivity index (χ0n) is 19.3. The van der Waals surface area contributed by atoms with E-state index in [0.29, 0.717) is 43.4 Å². The van der Waals surface area contributed by atoms with Crippen LogP contribution in [0.15, 0.2) is 45.7 Å². The number of hydrogen-bond acceptors (Lipinski definition) is 6. The molecule has 3 rings (SSSR count). The van der Waals surface area contributed by atoms with Crippen LogP contribution in [-0.4, -0.2) is 68.2 Å². The number of furan rings is 1. The average molecular weight is 477 g/mol. The maximum atomic E-state index is 12.6. The molecule has 1 aliphatic heterocycles. The average Bonchev–Trinajstić information content (AvgIpc) is 3.22. The van der Waals surface area contributed by atoms with Crippen LogP contribution in [0.3, 0.4) is 0 Å². The van der Waals surface area contributed by atoms with Gasteiger partial charge in [0.2, 0.25) is 15.9 Å². The number of benzene rings is 1. The van der Waals surface area contributed by atoms with Gasteiger partial charge >= 0.3 is 0 Å². The van der Waals surface area contributed by atoms with Gasteiger partial charge in [0, 0.05) is 37.9 Å². The van der Waals surface area contributed by atoms with E-state index >= 15 is 0 Å². The van der Waals surface area contributed by atoms with Crippen molar-refractivity contribution in [2.75, 3.05) is 38.0 Å². The SMILES string of the molecule is CCN(CC)S(=O)(=O)c1ccc(NC(=O)CN2CCC(NC(=O)c3ccc(C)o3)CC2)cc1. The summed E-state index contributed by atoms with van der Waals surface area (Å²) >= 11 is 0. The molecule has 33 heavy (non-hydrogen) atoms. The highest BCUT2D eigenvalue weighted by Gasteiger charge is 2.24. The Morgan fingerprint density at radius 1 is 1.06 bits per heavy atom. The van der Waals surface area contributed by atoms with Crippen molar-refractivity contribution in [3.63, 3.8) is 0 Å². The number of rotatable bonds is 9. The quantitative estimate of drug-likeness (QED) is 0.575. The van der Waals surface area contributed by atoms with Crippen LogP contribution in [-0.2, 0) is 14.8 Å². The summed E-state index contributed by atoms with van der Waals surface area (Å²) in [5.41, 5.74) is 0.550. The van der Waals surface area contributed by atoms with Crippen molar-refractivity contribution in [2.45, 2.75) is 44.6 Å². The molecule has 1 aromatic heterocycles. The number of nitrogens with one attached hydrogen (secondary N) is 2. The number of hydrogen-bond donors (Lipinski definition) is 2. The maximum absolute atomic E-state index is 12.6. The standard InChI is InChI=1S/C23H32N4O5S/c1-4-27(5-2)33(30,31)20-9-7-18(8-10-20)24-22(28)16-26-14-12-19(13-15-26)25-23(29)21-11-6-17(3)32-21/h6-11,19H,4-5,12-16H2,1-3H3,(H,24,28)(H,25,29). The lowest BCUT2D eigenvalue weighted by Crippen LogP contribution is -2.46. The van der Waals surface area contributed by atoms with E-state index in [1.54, 1.807) is 45.0 Å². The van der Waals surface area contributed by atoms with E-state index in [9.17, 15) is 18.0 Å². The Labute approximate surface area is 195 Å². The molecule has 1 aromatic carbocycles. The van der Waals surface area contributed by atoms with E-state index in [1.807, 2.05) is 4.90 Å². The molecular formula is C23H32N4O5S. The molecule has 1 saturated heterocycles. The largest absolute Gasteiger partial charge is 0.456 e. The van der Waals surface area contributed by atoms with Gasteiger partial charge in [0.1, 0.15) is 5.76 Å². The van der Waals surface area contributed by atoms with Crippen molar-refractivity contribution in [1.82, 2.24) is 14.5 Å². The number of nitrogens with zero attached hydrogens (tertiary/aromatic N) is 2. The number of carbonyl (C=O) groups excluding carboxylic acids is 2. The van der Waals surface area contributed by atoms with Crippen LogP contribution in [0.4, 0.5) is 5.69 Å². The van der Waals surface area contributed by atoms with E-state index in [-0.39, 0.29) is 29.3 Å². The van der Waals surface area contributed by atoms with E-state index in [2.05, 4.69) is 10.6 Å².